The lowest BCUT2D eigenvalue weighted by molar-refractivity contribution is 0.268. The lowest BCUT2D eigenvalue weighted by Crippen LogP contribution is -2.27. The summed E-state index contributed by atoms with van der Waals surface area (Å²) >= 11 is 0. The molecule has 3 heteroatoms. The second kappa shape index (κ2) is 12.4. The smallest absolute Gasteiger partial charge is 0.0632 e. The van der Waals surface area contributed by atoms with Gasteiger partial charge in [-0.1, -0.05) is 38.1 Å². The predicted octanol–water partition coefficient (Wildman–Crippen LogP) is 3.88. The van der Waals surface area contributed by atoms with Crippen molar-refractivity contribution in [2.75, 3.05) is 26.2 Å². The van der Waals surface area contributed by atoms with Gasteiger partial charge in [0.25, 0.3) is 0 Å². The second-order valence-corrected chi connectivity index (χ2v) is 5.92. The molecule has 0 amide bonds. The zero-order valence-corrected chi connectivity index (χ0v) is 14.5. The van der Waals surface area contributed by atoms with Crippen LogP contribution in [0.4, 0.5) is 0 Å². The summed E-state index contributed by atoms with van der Waals surface area (Å²) in [5.74, 6) is 0. The Morgan fingerprint density at radius 1 is 0.955 bits per heavy atom. The van der Waals surface area contributed by atoms with E-state index in [0.717, 1.165) is 13.1 Å². The monoisotopic (exact) mass is 303 g/mol. The highest BCUT2D eigenvalue weighted by Crippen LogP contribution is 2.05. The van der Waals surface area contributed by atoms with Gasteiger partial charge in [-0.2, -0.15) is 0 Å². The van der Waals surface area contributed by atoms with Gasteiger partial charge >= 0.3 is 0 Å². The molecular weight excluding hydrogens is 270 g/mol. The Kier molecular flexibility index (Phi) is 10.6. The van der Waals surface area contributed by atoms with E-state index in [1.807, 2.05) is 0 Å². The minimum Gasteiger partial charge on any atom is -0.313 e. The summed E-state index contributed by atoms with van der Waals surface area (Å²) in [7, 11) is 0. The van der Waals surface area contributed by atoms with Crippen LogP contribution in [0.3, 0.4) is 0 Å². The standard InChI is InChI=1S/C19H33N3/c1-4-13-22(14-5-2)15-7-6-12-21-17-19-10-8-18(9-11-19)16-20-3/h8-11,21H,3-7,12-17H2,1-2H3. The van der Waals surface area contributed by atoms with Crippen molar-refractivity contribution in [3.05, 3.63) is 35.4 Å². The Hall–Kier alpha value is -1.19. The van der Waals surface area contributed by atoms with E-state index in [0.29, 0.717) is 6.54 Å². The molecule has 1 N–H and O–H groups in total. The average Bonchev–Trinajstić information content (AvgIpc) is 2.53. The number of hydrogen-bond donors (Lipinski definition) is 1. The van der Waals surface area contributed by atoms with Gasteiger partial charge < -0.3 is 10.2 Å². The molecule has 0 atom stereocenters. The molecule has 1 rings (SSSR count). The van der Waals surface area contributed by atoms with Crippen LogP contribution >= 0.6 is 0 Å². The third-order valence-corrected chi connectivity index (χ3v) is 3.80. The maximum Gasteiger partial charge on any atom is 0.0632 e. The van der Waals surface area contributed by atoms with Crippen LogP contribution in [0.1, 0.15) is 50.7 Å². The van der Waals surface area contributed by atoms with Crippen LogP contribution in [0.2, 0.25) is 0 Å². The molecule has 0 aliphatic heterocycles. The molecule has 124 valence electrons. The van der Waals surface area contributed by atoms with E-state index in [9.17, 15) is 0 Å². The molecule has 0 spiro atoms. The molecule has 0 aromatic heterocycles. The molecule has 0 fully saturated rings. The molecule has 1 aromatic rings. The van der Waals surface area contributed by atoms with E-state index in [1.54, 1.807) is 0 Å². The molecule has 0 bridgehead atoms. The highest BCUT2D eigenvalue weighted by atomic mass is 15.1. The van der Waals surface area contributed by atoms with Gasteiger partial charge in [-0.15, -0.1) is 0 Å². The number of nitrogens with one attached hydrogen (secondary N) is 1. The van der Waals surface area contributed by atoms with Crippen molar-refractivity contribution < 1.29 is 0 Å². The Morgan fingerprint density at radius 3 is 2.18 bits per heavy atom. The van der Waals surface area contributed by atoms with E-state index in [4.69, 9.17) is 0 Å². The summed E-state index contributed by atoms with van der Waals surface area (Å²) in [6, 6.07) is 8.63. The lowest BCUT2D eigenvalue weighted by Gasteiger charge is -2.20. The number of unbranched alkanes of at least 4 members (excludes halogenated alkanes) is 1. The molecule has 0 heterocycles. The number of aliphatic imine (C=N–C) groups is 1. The number of hydrogen-bond acceptors (Lipinski definition) is 3. The van der Waals surface area contributed by atoms with Crippen molar-refractivity contribution in [1.29, 1.82) is 0 Å². The second-order valence-electron chi connectivity index (χ2n) is 5.92. The van der Waals surface area contributed by atoms with Crippen molar-refractivity contribution in [1.82, 2.24) is 10.2 Å². The van der Waals surface area contributed by atoms with Crippen LogP contribution in [0, 0.1) is 0 Å². The third kappa shape index (κ3) is 8.30. The van der Waals surface area contributed by atoms with Crippen LogP contribution < -0.4 is 5.32 Å². The van der Waals surface area contributed by atoms with Crippen LogP contribution in [-0.4, -0.2) is 37.8 Å². The largest absolute Gasteiger partial charge is 0.313 e. The highest BCUT2D eigenvalue weighted by Gasteiger charge is 2.01. The van der Waals surface area contributed by atoms with Gasteiger partial charge in [0.1, 0.15) is 0 Å². The Morgan fingerprint density at radius 2 is 1.59 bits per heavy atom. The highest BCUT2D eigenvalue weighted by molar-refractivity contribution is 5.27. The Bertz CT molecular complexity index is 380. The summed E-state index contributed by atoms with van der Waals surface area (Å²) in [6.07, 6.45) is 5.06. The van der Waals surface area contributed by atoms with Gasteiger partial charge in [-0.3, -0.25) is 4.99 Å². The normalized spacial score (nSPS) is 11.0. The number of nitrogens with zero attached hydrogens (tertiary/aromatic N) is 2. The number of benzene rings is 1. The molecule has 0 saturated heterocycles. The number of rotatable bonds is 13. The van der Waals surface area contributed by atoms with Gasteiger partial charge in [-0.25, -0.2) is 0 Å². The summed E-state index contributed by atoms with van der Waals surface area (Å²) in [4.78, 5) is 6.49. The lowest BCUT2D eigenvalue weighted by atomic mass is 10.1. The first kappa shape index (κ1) is 18.9. The van der Waals surface area contributed by atoms with Gasteiger partial charge in [-0.05, 0) is 69.7 Å². The molecule has 0 aliphatic rings. The molecule has 1 aromatic carbocycles. The van der Waals surface area contributed by atoms with Gasteiger partial charge in [0.2, 0.25) is 0 Å². The van der Waals surface area contributed by atoms with E-state index in [-0.39, 0.29) is 0 Å². The molecular formula is C19H33N3. The van der Waals surface area contributed by atoms with E-state index < -0.39 is 0 Å². The van der Waals surface area contributed by atoms with Crippen LogP contribution in [0.25, 0.3) is 0 Å². The maximum atomic E-state index is 3.90. The van der Waals surface area contributed by atoms with E-state index >= 15 is 0 Å². The summed E-state index contributed by atoms with van der Waals surface area (Å²) in [5.41, 5.74) is 2.57. The summed E-state index contributed by atoms with van der Waals surface area (Å²) in [5, 5.41) is 3.54. The van der Waals surface area contributed by atoms with Gasteiger partial charge in [0.05, 0.1) is 6.54 Å². The fraction of sp³-hybridized carbons (Fsp3) is 0.632. The van der Waals surface area contributed by atoms with Crippen molar-refractivity contribution in [3.63, 3.8) is 0 Å². The zero-order chi connectivity index (χ0) is 16.0. The summed E-state index contributed by atoms with van der Waals surface area (Å²) in [6.45, 7) is 14.5. The van der Waals surface area contributed by atoms with Gasteiger partial charge in [0.15, 0.2) is 0 Å². The molecule has 3 nitrogen and oxygen atoms in total. The van der Waals surface area contributed by atoms with Crippen molar-refractivity contribution in [2.45, 2.75) is 52.6 Å². The first-order valence-corrected chi connectivity index (χ1v) is 8.73. The average molecular weight is 303 g/mol. The molecule has 22 heavy (non-hydrogen) atoms. The first-order valence-electron chi connectivity index (χ1n) is 8.73. The Balaban J connectivity index is 2.10. The predicted molar refractivity (Wildman–Crippen MR) is 97.7 cm³/mol. The minimum absolute atomic E-state index is 0.708. The molecule has 0 radical (unpaired) electrons. The van der Waals surface area contributed by atoms with Crippen molar-refractivity contribution in [2.24, 2.45) is 4.99 Å². The molecule has 0 saturated carbocycles. The zero-order valence-electron chi connectivity index (χ0n) is 14.5. The van der Waals surface area contributed by atoms with Crippen LogP contribution in [-0.2, 0) is 13.1 Å². The fourth-order valence-corrected chi connectivity index (χ4v) is 2.68. The van der Waals surface area contributed by atoms with Crippen molar-refractivity contribution >= 4 is 6.72 Å². The van der Waals surface area contributed by atoms with E-state index in [2.05, 4.69) is 60.0 Å². The molecule has 0 unspecified atom stereocenters. The fourth-order valence-electron chi connectivity index (χ4n) is 2.68. The summed E-state index contributed by atoms with van der Waals surface area (Å²) < 4.78 is 0. The minimum atomic E-state index is 0.708. The van der Waals surface area contributed by atoms with Gasteiger partial charge in [0, 0.05) is 6.54 Å². The first-order chi connectivity index (χ1) is 10.8. The quantitative estimate of drug-likeness (QED) is 0.442. The Labute approximate surface area is 136 Å². The van der Waals surface area contributed by atoms with E-state index in [1.165, 1.54) is 56.4 Å². The maximum absolute atomic E-state index is 3.90. The van der Waals surface area contributed by atoms with Crippen molar-refractivity contribution in [3.8, 4) is 0 Å². The van der Waals surface area contributed by atoms with Crippen LogP contribution in [0.5, 0.6) is 0 Å². The molecule has 0 aliphatic carbocycles. The van der Waals surface area contributed by atoms with Crippen LogP contribution in [0.15, 0.2) is 29.3 Å². The SMILES string of the molecule is C=NCc1ccc(CNCCCCN(CCC)CCC)cc1. The topological polar surface area (TPSA) is 27.6 Å². The third-order valence-electron chi connectivity index (χ3n) is 3.80.